The average Bonchev–Trinajstić information content (AvgIpc) is 0.839. The number of hydrogen-bond donors (Lipinski definition) is 24. The Labute approximate surface area is 834 Å². The van der Waals surface area contributed by atoms with Crippen LogP contribution in [0.4, 0.5) is 0 Å². The predicted octanol–water partition coefficient (Wildman–Crippen LogP) is 3.05. The quantitative estimate of drug-likeness (QED) is 0.0654. The van der Waals surface area contributed by atoms with Crippen LogP contribution in [0.15, 0.2) is 79.9 Å². The number of hydrogen-bond acceptors (Lipinski definition) is 26. The van der Waals surface area contributed by atoms with Gasteiger partial charge in [0.05, 0.1) is 24.7 Å². The summed E-state index contributed by atoms with van der Waals surface area (Å²) in [6.45, 7) is 50.2. The van der Waals surface area contributed by atoms with Crippen molar-refractivity contribution in [1.29, 1.82) is 21.6 Å². The predicted molar refractivity (Wildman–Crippen MR) is 586 cm³/mol. The highest BCUT2D eigenvalue weighted by molar-refractivity contribution is 6.06. The van der Waals surface area contributed by atoms with Gasteiger partial charge >= 0.3 is 0 Å². The van der Waals surface area contributed by atoms with Crippen LogP contribution in [0.1, 0.15) is 222 Å². The van der Waals surface area contributed by atoms with E-state index in [1.165, 1.54) is 44.9 Å². The minimum Gasteiger partial charge on any atom is -0.346 e. The lowest BCUT2D eigenvalue weighted by atomic mass is 10.2. The molecule has 794 valence electrons. The minimum atomic E-state index is -0.00711. The standard InChI is InChI=1S/C11H23N5.2C10H21N5.3C9H19N5.3C8H17N5.C7H15N5/c1-5-6-7-8-15(3)11-14-9(2)13-10(12)16(11)4;1-5-6-7-14(3)10-13-8(2)12-9(11)15(10)4;1-4-5-6-7-12-10-14-8(2)13-9(11-3)15-10;1-5-6-13(3)9-12-7(2)11-8(10)14(9)4;1-5-6-14(4)9-12-7(2)11-8(10-3)13-9;1-4-5-6-11-9-13-7(2)12-8(10-3)14-9;1-5-12(3)8-11-6(2)10-7(9)13(8)4;1-5-13(4)8-11-6(2)10-7(9-3)12-8;1-4-5-10-8-12-6(2)11-7(9-3)13-8;1-4-9-7-11-5(2)10-6(8-3)12-7/h9H,5-8H2,1-4H3,(H2,12,13);8H,5-7H2,1-4H3,(H2,11,12);8H,4-7H2,1-3H3,(H3,11,12,13,14,15);7H,5-6H2,1-4H3,(H2,10,11);7H,5-6H2,1-4H3,(H2,10,11,12,13);7H,4-6H2,1-3H3,(H3,10,11,12,13,14);6H,5H2,1-4H3,(H2,9,10);6H,5H2,1-4H3,(H2,9,10,11,12);6H,4-5H2,1-3H3,(H3,9,10,11,12,13);5H,4H2,1-3H3,(H3,8,9,10,11,12). The van der Waals surface area contributed by atoms with E-state index in [0.717, 1.165) is 199 Å². The summed E-state index contributed by atoms with van der Waals surface area (Å²) in [5.74, 6) is 14.7. The summed E-state index contributed by atoms with van der Waals surface area (Å²) < 4.78 is 0. The molecule has 0 bridgehead atoms. The van der Waals surface area contributed by atoms with Crippen LogP contribution in [-0.2, 0) is 0 Å². The molecule has 10 atom stereocenters. The highest BCUT2D eigenvalue weighted by atomic mass is 15.5. The maximum Gasteiger partial charge on any atom is 0.205 e. The fraction of sp³-hybridized carbons (Fsp3) is 0.775. The van der Waals surface area contributed by atoms with Crippen LogP contribution in [0, 0.1) is 21.6 Å². The number of unbranched alkanes of at least 4 members (excludes halogenated alkanes) is 6. The van der Waals surface area contributed by atoms with E-state index in [4.69, 9.17) is 21.6 Å². The van der Waals surface area contributed by atoms with Gasteiger partial charge in [0.15, 0.2) is 83.4 Å². The van der Waals surface area contributed by atoms with Crippen molar-refractivity contribution in [3.05, 3.63) is 0 Å². The van der Waals surface area contributed by atoms with Crippen LogP contribution in [0.2, 0.25) is 0 Å². The van der Waals surface area contributed by atoms with E-state index in [1.54, 1.807) is 61.9 Å². The van der Waals surface area contributed by atoms with Gasteiger partial charge in [-0.15, -0.1) is 0 Å². The molecule has 10 unspecified atom stereocenters. The van der Waals surface area contributed by atoms with E-state index in [-0.39, 0.29) is 61.7 Å². The Hall–Kier alpha value is -12.6. The third-order valence-electron chi connectivity index (χ3n) is 20.8. The lowest BCUT2D eigenvalue weighted by molar-refractivity contribution is 0.408. The molecule has 24 N–H and O–H groups in total. The summed E-state index contributed by atoms with van der Waals surface area (Å²) in [4.78, 5) is 87.8. The summed E-state index contributed by atoms with van der Waals surface area (Å²) in [5.41, 5.74) is 0. The summed E-state index contributed by atoms with van der Waals surface area (Å²) in [6, 6.07) is 0. The molecule has 0 aromatic carbocycles. The van der Waals surface area contributed by atoms with Crippen molar-refractivity contribution in [2.45, 2.75) is 284 Å². The van der Waals surface area contributed by atoms with Gasteiger partial charge in [-0.25, -0.2) is 30.0 Å². The van der Waals surface area contributed by atoms with Crippen LogP contribution in [0.25, 0.3) is 0 Å². The van der Waals surface area contributed by atoms with E-state index in [2.05, 4.69) is 268 Å². The van der Waals surface area contributed by atoms with Crippen LogP contribution in [0.5, 0.6) is 0 Å². The first-order valence-corrected chi connectivity index (χ1v) is 49.5. The van der Waals surface area contributed by atoms with Crippen molar-refractivity contribution in [1.82, 2.24) is 155 Å². The van der Waals surface area contributed by atoms with E-state index in [9.17, 15) is 0 Å². The van der Waals surface area contributed by atoms with E-state index < -0.39 is 0 Å². The highest BCUT2D eigenvalue weighted by Crippen LogP contribution is 2.11. The third-order valence-corrected chi connectivity index (χ3v) is 20.8. The van der Waals surface area contributed by atoms with Gasteiger partial charge in [-0.05, 0) is 135 Å². The molecule has 139 heavy (non-hydrogen) atoms. The lowest BCUT2D eigenvalue weighted by Crippen LogP contribution is -2.61. The Morgan fingerprint density at radius 2 is 0.511 bits per heavy atom. The molecule has 0 aromatic rings. The van der Waals surface area contributed by atoms with Crippen LogP contribution in [-0.4, -0.2) is 408 Å². The molecular formula is C89H188N50. The van der Waals surface area contributed by atoms with Gasteiger partial charge in [0.2, 0.25) is 35.8 Å². The van der Waals surface area contributed by atoms with E-state index >= 15 is 0 Å². The minimum absolute atomic E-state index is 0.00648. The third kappa shape index (κ3) is 49.5. The number of guanidine groups is 20. The maximum atomic E-state index is 7.77. The largest absolute Gasteiger partial charge is 0.346 e. The summed E-state index contributed by atoms with van der Waals surface area (Å²) in [7, 11) is 30.0. The van der Waals surface area contributed by atoms with E-state index in [0.29, 0.717) is 23.8 Å². The smallest absolute Gasteiger partial charge is 0.205 e. The van der Waals surface area contributed by atoms with Crippen molar-refractivity contribution in [3.63, 3.8) is 0 Å². The van der Waals surface area contributed by atoms with Crippen molar-refractivity contribution in [2.24, 2.45) is 79.9 Å². The zero-order valence-corrected chi connectivity index (χ0v) is 91.7. The fourth-order valence-electron chi connectivity index (χ4n) is 13.0. The second-order valence-corrected chi connectivity index (χ2v) is 33.7. The van der Waals surface area contributed by atoms with Crippen LogP contribution < -0.4 is 106 Å². The van der Waals surface area contributed by atoms with Crippen LogP contribution >= 0.6 is 0 Å². The van der Waals surface area contributed by atoms with Gasteiger partial charge in [-0.1, -0.05) is 87.0 Å². The SMILES string of the molecule is CCCCCN(C)C1=NC(C)NC(=N)N1C.CCCCCN=C1NC(=NC)NC(C)N1.CCCCN(C)C1=NC(C)NC(=N)N1C.CCCCN=C1NC(=NC)NC(C)N1.CCCN(C)C1=NC(C)NC(=N)N1C.CCCN(C)C1=NC(C)NC(=NC)N1.CCCN=C1NC(=NC)NC(C)N1.CCN(C)C1=NC(C)NC(=N)N1C.CCN(C)C1=NC(C)NC(=NC)N1.CCN=C1NC(=NC)NC(C)N1. The van der Waals surface area contributed by atoms with Gasteiger partial charge in [0, 0.05) is 178 Å². The van der Waals surface area contributed by atoms with Gasteiger partial charge in [0.25, 0.3) is 0 Å². The zero-order valence-electron chi connectivity index (χ0n) is 91.7. The van der Waals surface area contributed by atoms with Crippen LogP contribution in [0.3, 0.4) is 0 Å². The Bertz CT molecular complexity index is 4100. The molecule has 50 nitrogen and oxygen atoms in total. The second-order valence-electron chi connectivity index (χ2n) is 33.7. The topological polar surface area (TPSA) is 566 Å². The molecule has 10 aliphatic heterocycles. The van der Waals surface area contributed by atoms with E-state index in [1.807, 2.05) is 156 Å². The molecule has 10 rings (SSSR count). The molecule has 0 radical (unpaired) electrons. The monoisotopic (exact) mass is 1960 g/mol. The molecule has 0 amide bonds. The second kappa shape index (κ2) is 70.1. The number of aliphatic imine (C=N–C) groups is 16. The van der Waals surface area contributed by atoms with Crippen molar-refractivity contribution in [3.8, 4) is 0 Å². The Balaban J connectivity index is 0.000000773. The Morgan fingerprint density at radius 3 is 0.813 bits per heavy atom. The molecule has 0 spiro atoms. The Morgan fingerprint density at radius 1 is 0.252 bits per heavy atom. The first kappa shape index (κ1) is 124. The molecule has 0 saturated carbocycles. The van der Waals surface area contributed by atoms with Crippen molar-refractivity contribution >= 4 is 119 Å². The van der Waals surface area contributed by atoms with Crippen molar-refractivity contribution in [2.75, 3.05) is 178 Å². The highest BCUT2D eigenvalue weighted by Gasteiger charge is 2.28. The average molecular weight is 1960 g/mol. The zero-order chi connectivity index (χ0) is 105. The first-order valence-electron chi connectivity index (χ1n) is 49.5. The summed E-state index contributed by atoms with van der Waals surface area (Å²) >= 11 is 0. The summed E-state index contributed by atoms with van der Waals surface area (Å²) in [6.07, 6.45) is 16.0. The summed E-state index contributed by atoms with van der Waals surface area (Å²) in [5, 5.41) is 92.5. The molecule has 10 aliphatic rings. The molecule has 10 heterocycles. The first-order chi connectivity index (χ1) is 66.1. The van der Waals surface area contributed by atoms with Gasteiger partial charge in [-0.3, -0.25) is 123 Å². The molecule has 4 saturated heterocycles. The maximum absolute atomic E-state index is 7.77. The number of nitrogens with zero attached hydrogens (tertiary/aromatic N) is 26. The molecule has 0 aromatic heterocycles. The Kier molecular flexibility index (Phi) is 62.7. The molecular weight excluding hydrogens is 1770 g/mol. The fourth-order valence-corrected chi connectivity index (χ4v) is 13.0. The molecule has 50 heteroatoms. The van der Waals surface area contributed by atoms with Gasteiger partial charge in [-0.2, -0.15) is 0 Å². The normalized spacial score (nSPS) is 24.3. The number of rotatable bonds is 23. The molecule has 4 fully saturated rings. The van der Waals surface area contributed by atoms with Gasteiger partial charge in [0.1, 0.15) is 37.0 Å². The van der Waals surface area contributed by atoms with Gasteiger partial charge < -0.3 is 104 Å². The molecule has 0 aliphatic carbocycles. The van der Waals surface area contributed by atoms with Crippen molar-refractivity contribution < 1.29 is 0 Å². The number of nitrogens with one attached hydrogen (secondary N) is 24. The lowest BCUT2D eigenvalue weighted by Gasteiger charge is -2.34.